The third-order valence-corrected chi connectivity index (χ3v) is 8.47. The largest absolute Gasteiger partial charge is 0.472 e. The average molecular weight is 621 g/mol. The van der Waals surface area contributed by atoms with Gasteiger partial charge in [0.2, 0.25) is 0 Å². The standard InChI is InChI=1S/C33H65O8P/c1-4-7-9-11-13-15-17-18-20-22-24-26-28-33(35)41-31(30-40-42(36,37)39-6-3)29-38-32(34)27-25-23-21-19-16-14-12-10-8-5-2/h31H,4-30H2,1-3H3,(H,36,37)/t31-/m1/s1. The van der Waals surface area contributed by atoms with Gasteiger partial charge in [-0.2, -0.15) is 0 Å². The zero-order valence-electron chi connectivity index (χ0n) is 27.4. The van der Waals surface area contributed by atoms with Crippen LogP contribution in [0.3, 0.4) is 0 Å². The van der Waals surface area contributed by atoms with Gasteiger partial charge in [0, 0.05) is 12.8 Å². The molecule has 0 rings (SSSR count). The van der Waals surface area contributed by atoms with Gasteiger partial charge >= 0.3 is 19.8 Å². The van der Waals surface area contributed by atoms with Crippen LogP contribution in [0.5, 0.6) is 0 Å². The molecule has 42 heavy (non-hydrogen) atoms. The first-order valence-corrected chi connectivity index (χ1v) is 18.8. The Morgan fingerprint density at radius 3 is 1.33 bits per heavy atom. The van der Waals surface area contributed by atoms with Gasteiger partial charge in [-0.25, -0.2) is 4.57 Å². The predicted octanol–water partition coefficient (Wildman–Crippen LogP) is 10.00. The second kappa shape index (κ2) is 30.1. The molecular formula is C33H65O8P. The summed E-state index contributed by atoms with van der Waals surface area (Å²) >= 11 is 0. The molecule has 0 saturated heterocycles. The van der Waals surface area contributed by atoms with E-state index in [1.54, 1.807) is 6.92 Å². The summed E-state index contributed by atoms with van der Waals surface area (Å²) in [5.41, 5.74) is 0. The van der Waals surface area contributed by atoms with Crippen LogP contribution in [0.4, 0.5) is 0 Å². The maximum absolute atomic E-state index is 12.4. The van der Waals surface area contributed by atoms with Gasteiger partial charge in [-0.1, -0.05) is 142 Å². The van der Waals surface area contributed by atoms with Crippen molar-refractivity contribution in [3.63, 3.8) is 0 Å². The van der Waals surface area contributed by atoms with Crippen molar-refractivity contribution in [2.45, 2.75) is 181 Å². The van der Waals surface area contributed by atoms with Crippen LogP contribution in [0.15, 0.2) is 0 Å². The SMILES string of the molecule is CCCCCCCCCCCCCCC(=O)O[C@H](COC(=O)CCCCCCCCCCCC)COP(=O)(O)OCC. The second-order valence-corrected chi connectivity index (χ2v) is 13.0. The lowest BCUT2D eigenvalue weighted by Gasteiger charge is -2.19. The molecule has 0 aliphatic rings. The number of unbranched alkanes of at least 4 members (excludes halogenated alkanes) is 20. The van der Waals surface area contributed by atoms with Gasteiger partial charge in [0.05, 0.1) is 13.2 Å². The Morgan fingerprint density at radius 1 is 0.548 bits per heavy atom. The molecule has 0 heterocycles. The molecule has 0 amide bonds. The van der Waals surface area contributed by atoms with E-state index in [1.807, 2.05) is 0 Å². The van der Waals surface area contributed by atoms with Crippen LogP contribution in [0.25, 0.3) is 0 Å². The summed E-state index contributed by atoms with van der Waals surface area (Å²) in [7, 11) is -4.26. The molecule has 0 radical (unpaired) electrons. The van der Waals surface area contributed by atoms with Crippen molar-refractivity contribution in [1.82, 2.24) is 0 Å². The number of hydrogen-bond acceptors (Lipinski definition) is 7. The van der Waals surface area contributed by atoms with Crippen molar-refractivity contribution in [3.05, 3.63) is 0 Å². The first kappa shape index (κ1) is 41.0. The number of carbonyl (C=O) groups excluding carboxylic acids is 2. The Balaban J connectivity index is 4.18. The van der Waals surface area contributed by atoms with Gasteiger partial charge in [-0.3, -0.25) is 18.6 Å². The van der Waals surface area contributed by atoms with Crippen LogP contribution in [-0.4, -0.2) is 42.8 Å². The quantitative estimate of drug-likeness (QED) is 0.0450. The van der Waals surface area contributed by atoms with Gasteiger partial charge in [0.15, 0.2) is 6.10 Å². The lowest BCUT2D eigenvalue weighted by Crippen LogP contribution is -2.29. The van der Waals surface area contributed by atoms with Crippen molar-refractivity contribution in [2.24, 2.45) is 0 Å². The molecule has 0 fully saturated rings. The van der Waals surface area contributed by atoms with E-state index in [2.05, 4.69) is 13.8 Å². The highest BCUT2D eigenvalue weighted by atomic mass is 31.2. The van der Waals surface area contributed by atoms with Gasteiger partial charge in [-0.05, 0) is 19.8 Å². The van der Waals surface area contributed by atoms with Crippen molar-refractivity contribution < 1.29 is 37.6 Å². The van der Waals surface area contributed by atoms with Crippen LogP contribution in [0.2, 0.25) is 0 Å². The normalized spacial score (nSPS) is 13.5. The van der Waals surface area contributed by atoms with E-state index in [1.165, 1.54) is 103 Å². The van der Waals surface area contributed by atoms with Crippen LogP contribution in [0, 0.1) is 0 Å². The Morgan fingerprint density at radius 2 is 0.929 bits per heavy atom. The number of hydrogen-bond donors (Lipinski definition) is 1. The maximum Gasteiger partial charge on any atom is 0.472 e. The van der Waals surface area contributed by atoms with Gasteiger partial charge in [-0.15, -0.1) is 0 Å². The Bertz CT molecular complexity index is 672. The van der Waals surface area contributed by atoms with Crippen LogP contribution >= 0.6 is 7.82 Å². The number of rotatable bonds is 32. The van der Waals surface area contributed by atoms with Crippen LogP contribution in [0.1, 0.15) is 175 Å². The van der Waals surface area contributed by atoms with Crippen molar-refractivity contribution in [1.29, 1.82) is 0 Å². The van der Waals surface area contributed by atoms with Gasteiger partial charge in [0.1, 0.15) is 6.61 Å². The summed E-state index contributed by atoms with van der Waals surface area (Å²) in [5, 5.41) is 0. The van der Waals surface area contributed by atoms with E-state index in [0.29, 0.717) is 6.42 Å². The summed E-state index contributed by atoms with van der Waals surface area (Å²) in [6, 6.07) is 0. The second-order valence-electron chi connectivity index (χ2n) is 11.5. The molecule has 8 nitrogen and oxygen atoms in total. The number of phosphoric acid groups is 1. The molecule has 250 valence electrons. The Kier molecular flexibility index (Phi) is 29.4. The highest BCUT2D eigenvalue weighted by molar-refractivity contribution is 7.47. The zero-order valence-corrected chi connectivity index (χ0v) is 28.3. The molecule has 1 N–H and O–H groups in total. The molecule has 0 aliphatic heterocycles. The molecule has 0 saturated carbocycles. The molecule has 0 aromatic rings. The molecule has 0 aromatic carbocycles. The highest BCUT2D eigenvalue weighted by Crippen LogP contribution is 2.43. The molecule has 9 heteroatoms. The van der Waals surface area contributed by atoms with Crippen molar-refractivity contribution in [3.8, 4) is 0 Å². The summed E-state index contributed by atoms with van der Waals surface area (Å²) in [4.78, 5) is 34.4. The van der Waals surface area contributed by atoms with E-state index in [9.17, 15) is 19.0 Å². The molecule has 0 bridgehead atoms. The fourth-order valence-electron chi connectivity index (χ4n) is 4.86. The zero-order chi connectivity index (χ0) is 31.2. The monoisotopic (exact) mass is 620 g/mol. The van der Waals surface area contributed by atoms with E-state index < -0.39 is 19.9 Å². The van der Waals surface area contributed by atoms with Gasteiger partial charge < -0.3 is 14.4 Å². The number of phosphoric ester groups is 1. The topological polar surface area (TPSA) is 108 Å². The number of carbonyl (C=O) groups is 2. The molecular weight excluding hydrogens is 555 g/mol. The maximum atomic E-state index is 12.4. The molecule has 1 unspecified atom stereocenters. The minimum absolute atomic E-state index is 0.00499. The Hall–Kier alpha value is -0.950. The predicted molar refractivity (Wildman–Crippen MR) is 170 cm³/mol. The molecule has 0 spiro atoms. The summed E-state index contributed by atoms with van der Waals surface area (Å²) in [5.74, 6) is -0.792. The number of ether oxygens (including phenoxy) is 2. The fraction of sp³-hybridized carbons (Fsp3) is 0.939. The lowest BCUT2D eigenvalue weighted by molar-refractivity contribution is -0.161. The van der Waals surface area contributed by atoms with Crippen molar-refractivity contribution >= 4 is 19.8 Å². The van der Waals surface area contributed by atoms with E-state index >= 15 is 0 Å². The number of esters is 2. The molecule has 0 aliphatic carbocycles. The summed E-state index contributed by atoms with van der Waals surface area (Å²) < 4.78 is 32.4. The molecule has 2 atom stereocenters. The minimum atomic E-state index is -4.26. The third kappa shape index (κ3) is 29.1. The summed E-state index contributed by atoms with van der Waals surface area (Å²) in [6.07, 6.45) is 25.8. The van der Waals surface area contributed by atoms with E-state index in [4.69, 9.17) is 18.5 Å². The Labute approximate surface area is 258 Å². The lowest BCUT2D eigenvalue weighted by atomic mass is 10.0. The molecule has 0 aromatic heterocycles. The average Bonchev–Trinajstić information content (AvgIpc) is 2.96. The highest BCUT2D eigenvalue weighted by Gasteiger charge is 2.25. The fourth-order valence-corrected chi connectivity index (χ4v) is 5.62. The van der Waals surface area contributed by atoms with Crippen molar-refractivity contribution in [2.75, 3.05) is 19.8 Å². The van der Waals surface area contributed by atoms with E-state index in [0.717, 1.165) is 38.5 Å². The van der Waals surface area contributed by atoms with Crippen LogP contribution in [-0.2, 0) is 32.7 Å². The first-order chi connectivity index (χ1) is 20.3. The van der Waals surface area contributed by atoms with Gasteiger partial charge in [0.25, 0.3) is 0 Å². The first-order valence-electron chi connectivity index (χ1n) is 17.3. The van der Waals surface area contributed by atoms with Crippen LogP contribution < -0.4 is 0 Å². The summed E-state index contributed by atoms with van der Waals surface area (Å²) in [6.45, 7) is 5.45. The minimum Gasteiger partial charge on any atom is -0.462 e. The smallest absolute Gasteiger partial charge is 0.462 e. The van der Waals surface area contributed by atoms with E-state index in [-0.39, 0.29) is 32.2 Å². The third-order valence-electron chi connectivity index (χ3n) is 7.41.